The van der Waals surface area contributed by atoms with Crippen LogP contribution in [0.15, 0.2) is 48.5 Å². The average Bonchev–Trinajstić information content (AvgIpc) is 2.48. The Morgan fingerprint density at radius 3 is 2.48 bits per heavy atom. The summed E-state index contributed by atoms with van der Waals surface area (Å²) in [4.78, 5) is 11.4. The molecule has 2 rings (SSSR count). The van der Waals surface area contributed by atoms with E-state index in [2.05, 4.69) is 25.2 Å². The molecule has 0 spiro atoms. The van der Waals surface area contributed by atoms with Crippen LogP contribution in [0, 0.1) is 13.8 Å². The predicted octanol–water partition coefficient (Wildman–Crippen LogP) is 3.09. The molecule has 2 aromatic carbocycles. The van der Waals surface area contributed by atoms with E-state index >= 15 is 0 Å². The summed E-state index contributed by atoms with van der Waals surface area (Å²) in [6, 6.07) is 15.2. The Balaban J connectivity index is 2.04. The van der Waals surface area contributed by atoms with E-state index in [1.807, 2.05) is 42.5 Å². The van der Waals surface area contributed by atoms with Gasteiger partial charge in [0, 0.05) is 6.54 Å². The molecule has 2 aromatic rings. The molecule has 0 heterocycles. The molecule has 0 saturated heterocycles. The average molecular weight is 283 g/mol. The number of nitrogens with one attached hydrogen (secondary N) is 1. The SMILES string of the molecule is Cc1cccc(CN[C@H](Cc2ccccc2)C(=O)O)c1C. The Morgan fingerprint density at radius 2 is 1.81 bits per heavy atom. The highest BCUT2D eigenvalue weighted by Crippen LogP contribution is 2.13. The first-order valence-electron chi connectivity index (χ1n) is 7.13. The van der Waals surface area contributed by atoms with Crippen molar-refractivity contribution < 1.29 is 9.90 Å². The van der Waals surface area contributed by atoms with E-state index in [9.17, 15) is 9.90 Å². The number of hydrogen-bond donors (Lipinski definition) is 2. The molecular formula is C18H21NO2. The van der Waals surface area contributed by atoms with Gasteiger partial charge in [0.1, 0.15) is 6.04 Å². The summed E-state index contributed by atoms with van der Waals surface area (Å²) in [7, 11) is 0. The van der Waals surface area contributed by atoms with Crippen LogP contribution < -0.4 is 5.32 Å². The van der Waals surface area contributed by atoms with E-state index in [0.29, 0.717) is 13.0 Å². The zero-order valence-corrected chi connectivity index (χ0v) is 12.5. The van der Waals surface area contributed by atoms with Gasteiger partial charge in [-0.15, -0.1) is 0 Å². The van der Waals surface area contributed by atoms with Crippen LogP contribution >= 0.6 is 0 Å². The van der Waals surface area contributed by atoms with Gasteiger partial charge >= 0.3 is 5.97 Å². The predicted molar refractivity (Wildman–Crippen MR) is 84.3 cm³/mol. The van der Waals surface area contributed by atoms with Gasteiger partial charge in [-0.1, -0.05) is 48.5 Å². The van der Waals surface area contributed by atoms with Crippen LogP contribution in [-0.4, -0.2) is 17.1 Å². The lowest BCUT2D eigenvalue weighted by Gasteiger charge is -2.16. The van der Waals surface area contributed by atoms with E-state index in [4.69, 9.17) is 0 Å². The van der Waals surface area contributed by atoms with Crippen LogP contribution in [0.2, 0.25) is 0 Å². The summed E-state index contributed by atoms with van der Waals surface area (Å²) in [5.41, 5.74) is 4.62. The van der Waals surface area contributed by atoms with Gasteiger partial charge in [-0.25, -0.2) is 0 Å². The van der Waals surface area contributed by atoms with Crippen LogP contribution in [0.4, 0.5) is 0 Å². The standard InChI is InChI=1S/C18H21NO2/c1-13-7-6-10-16(14(13)2)12-19-17(18(20)21)11-15-8-4-3-5-9-15/h3-10,17,19H,11-12H2,1-2H3,(H,20,21)/t17-/m1/s1. The first-order valence-corrected chi connectivity index (χ1v) is 7.13. The molecule has 0 radical (unpaired) electrons. The molecule has 0 aliphatic rings. The third-order valence-corrected chi connectivity index (χ3v) is 3.84. The second-order valence-electron chi connectivity index (χ2n) is 5.32. The number of rotatable bonds is 6. The molecule has 21 heavy (non-hydrogen) atoms. The molecule has 1 atom stereocenters. The maximum Gasteiger partial charge on any atom is 0.321 e. The largest absolute Gasteiger partial charge is 0.480 e. The second-order valence-corrected chi connectivity index (χ2v) is 5.32. The number of aryl methyl sites for hydroxylation is 1. The monoisotopic (exact) mass is 283 g/mol. The number of benzene rings is 2. The Bertz CT molecular complexity index is 608. The van der Waals surface area contributed by atoms with Crippen LogP contribution in [0.25, 0.3) is 0 Å². The molecule has 0 aromatic heterocycles. The van der Waals surface area contributed by atoms with Crippen molar-refractivity contribution in [1.82, 2.24) is 5.32 Å². The van der Waals surface area contributed by atoms with Crippen molar-refractivity contribution in [2.45, 2.75) is 32.9 Å². The van der Waals surface area contributed by atoms with Crippen molar-refractivity contribution in [2.75, 3.05) is 0 Å². The van der Waals surface area contributed by atoms with Gasteiger partial charge in [0.05, 0.1) is 0 Å². The van der Waals surface area contributed by atoms with Gasteiger partial charge in [-0.2, -0.15) is 0 Å². The van der Waals surface area contributed by atoms with E-state index in [1.165, 1.54) is 11.1 Å². The minimum atomic E-state index is -0.816. The molecule has 0 amide bonds. The van der Waals surface area contributed by atoms with Gasteiger partial charge in [0.15, 0.2) is 0 Å². The zero-order chi connectivity index (χ0) is 15.2. The van der Waals surface area contributed by atoms with E-state index in [0.717, 1.165) is 11.1 Å². The van der Waals surface area contributed by atoms with Gasteiger partial charge < -0.3 is 10.4 Å². The molecule has 3 nitrogen and oxygen atoms in total. The van der Waals surface area contributed by atoms with Crippen LogP contribution in [0.1, 0.15) is 22.3 Å². The number of carboxylic acid groups (broad SMARTS) is 1. The van der Waals surface area contributed by atoms with Crippen molar-refractivity contribution in [1.29, 1.82) is 0 Å². The fourth-order valence-corrected chi connectivity index (χ4v) is 2.33. The quantitative estimate of drug-likeness (QED) is 0.856. The summed E-state index contributed by atoms with van der Waals surface area (Å²) in [5, 5.41) is 12.5. The first kappa shape index (κ1) is 15.3. The summed E-state index contributed by atoms with van der Waals surface area (Å²) in [6.07, 6.45) is 0.487. The van der Waals surface area contributed by atoms with Crippen molar-refractivity contribution in [3.63, 3.8) is 0 Å². The molecule has 0 aliphatic carbocycles. The third-order valence-electron chi connectivity index (χ3n) is 3.84. The Kier molecular flexibility index (Phi) is 5.12. The lowest BCUT2D eigenvalue weighted by Crippen LogP contribution is -2.38. The second kappa shape index (κ2) is 7.04. The topological polar surface area (TPSA) is 49.3 Å². The minimum Gasteiger partial charge on any atom is -0.480 e. The number of carboxylic acids is 1. The third kappa shape index (κ3) is 4.17. The summed E-state index contributed by atoms with van der Waals surface area (Å²) >= 11 is 0. The molecule has 110 valence electrons. The van der Waals surface area contributed by atoms with Gasteiger partial charge in [0.2, 0.25) is 0 Å². The normalized spacial score (nSPS) is 12.1. The molecule has 0 saturated carbocycles. The lowest BCUT2D eigenvalue weighted by molar-refractivity contribution is -0.139. The van der Waals surface area contributed by atoms with Gasteiger partial charge in [-0.05, 0) is 42.5 Å². The molecule has 2 N–H and O–H groups in total. The maximum atomic E-state index is 11.4. The molecule has 0 aliphatic heterocycles. The van der Waals surface area contributed by atoms with Crippen molar-refractivity contribution >= 4 is 5.97 Å². The minimum absolute atomic E-state index is 0.487. The fraction of sp³-hybridized carbons (Fsp3) is 0.278. The van der Waals surface area contributed by atoms with Crippen molar-refractivity contribution in [2.24, 2.45) is 0 Å². The van der Waals surface area contributed by atoms with E-state index < -0.39 is 12.0 Å². The number of carbonyl (C=O) groups is 1. The number of aliphatic carboxylic acids is 1. The Morgan fingerprint density at radius 1 is 1.10 bits per heavy atom. The van der Waals surface area contributed by atoms with E-state index in [-0.39, 0.29) is 0 Å². The smallest absolute Gasteiger partial charge is 0.321 e. The molecule has 0 bridgehead atoms. The van der Waals surface area contributed by atoms with Crippen molar-refractivity contribution in [3.8, 4) is 0 Å². The zero-order valence-electron chi connectivity index (χ0n) is 12.5. The summed E-state index contributed by atoms with van der Waals surface area (Å²) in [6.45, 7) is 4.70. The molecule has 3 heteroatoms. The first-order chi connectivity index (χ1) is 10.1. The lowest BCUT2D eigenvalue weighted by atomic mass is 10.0. The maximum absolute atomic E-state index is 11.4. The van der Waals surface area contributed by atoms with Crippen LogP contribution in [-0.2, 0) is 17.8 Å². The summed E-state index contributed by atoms with van der Waals surface area (Å²) in [5.74, 6) is -0.816. The highest BCUT2D eigenvalue weighted by atomic mass is 16.4. The van der Waals surface area contributed by atoms with Crippen LogP contribution in [0.3, 0.4) is 0 Å². The van der Waals surface area contributed by atoms with Gasteiger partial charge in [-0.3, -0.25) is 4.79 Å². The highest BCUT2D eigenvalue weighted by Gasteiger charge is 2.17. The summed E-state index contributed by atoms with van der Waals surface area (Å²) < 4.78 is 0. The van der Waals surface area contributed by atoms with Crippen molar-refractivity contribution in [3.05, 3.63) is 70.8 Å². The Hall–Kier alpha value is -2.13. The number of hydrogen-bond acceptors (Lipinski definition) is 2. The highest BCUT2D eigenvalue weighted by molar-refractivity contribution is 5.73. The Labute approximate surface area is 125 Å². The van der Waals surface area contributed by atoms with E-state index in [1.54, 1.807) is 0 Å². The molecule has 0 fully saturated rings. The molecular weight excluding hydrogens is 262 g/mol. The molecule has 0 unspecified atom stereocenters. The fourth-order valence-electron chi connectivity index (χ4n) is 2.33. The van der Waals surface area contributed by atoms with Gasteiger partial charge in [0.25, 0.3) is 0 Å². The van der Waals surface area contributed by atoms with Crippen LogP contribution in [0.5, 0.6) is 0 Å².